The Labute approximate surface area is 157 Å². The van der Waals surface area contributed by atoms with Gasteiger partial charge in [0, 0.05) is 11.1 Å². The van der Waals surface area contributed by atoms with Crippen LogP contribution in [0.4, 0.5) is 0 Å². The lowest BCUT2D eigenvalue weighted by atomic mass is 10.0. The molecule has 0 aromatic heterocycles. The van der Waals surface area contributed by atoms with Gasteiger partial charge >= 0.3 is 5.97 Å². The summed E-state index contributed by atoms with van der Waals surface area (Å²) in [4.78, 5) is 11.8. The highest BCUT2D eigenvalue weighted by Gasteiger charge is 2.10. The maximum absolute atomic E-state index is 11.8. The van der Waals surface area contributed by atoms with Crippen LogP contribution in [0.3, 0.4) is 0 Å². The molecule has 0 heterocycles. The van der Waals surface area contributed by atoms with E-state index in [9.17, 15) is 10.1 Å². The first-order chi connectivity index (χ1) is 12.4. The third-order valence-electron chi connectivity index (χ3n) is 3.39. The van der Waals surface area contributed by atoms with E-state index < -0.39 is 5.97 Å². The molecular formula is C21H18ClNO3. The molecule has 0 saturated carbocycles. The first-order valence-electron chi connectivity index (χ1n) is 7.85. The van der Waals surface area contributed by atoms with E-state index >= 15 is 0 Å². The minimum absolute atomic E-state index is 0.317. The maximum Gasteiger partial charge on any atom is 0.336 e. The number of nitriles is 1. The van der Waals surface area contributed by atoms with Gasteiger partial charge in [-0.15, -0.1) is 0 Å². The molecule has 0 atom stereocenters. The number of ether oxygens (including phenoxy) is 2. The lowest BCUT2D eigenvalue weighted by Crippen LogP contribution is -2.05. The smallest absolute Gasteiger partial charge is 0.336 e. The topological polar surface area (TPSA) is 59.3 Å². The van der Waals surface area contributed by atoms with Crippen molar-refractivity contribution in [3.05, 3.63) is 70.3 Å². The van der Waals surface area contributed by atoms with E-state index in [2.05, 4.69) is 6.07 Å². The summed E-state index contributed by atoms with van der Waals surface area (Å²) in [6.45, 7) is 3.62. The van der Waals surface area contributed by atoms with E-state index in [1.165, 1.54) is 13.2 Å². The van der Waals surface area contributed by atoms with Gasteiger partial charge in [-0.25, -0.2) is 4.79 Å². The van der Waals surface area contributed by atoms with Gasteiger partial charge in [-0.3, -0.25) is 0 Å². The summed E-state index contributed by atoms with van der Waals surface area (Å²) in [5.74, 6) is 0.255. The van der Waals surface area contributed by atoms with E-state index in [0.29, 0.717) is 22.1 Å². The second-order valence-corrected chi connectivity index (χ2v) is 6.17. The van der Waals surface area contributed by atoms with Gasteiger partial charge in [0.1, 0.15) is 0 Å². The number of allylic oxidation sites excluding steroid dienone is 2. The second-order valence-electron chi connectivity index (χ2n) is 5.73. The fourth-order valence-corrected chi connectivity index (χ4v) is 2.33. The zero-order chi connectivity index (χ0) is 19.1. The minimum Gasteiger partial charge on any atom is -0.493 e. The van der Waals surface area contributed by atoms with Crippen LogP contribution in [-0.4, -0.2) is 13.1 Å². The van der Waals surface area contributed by atoms with Gasteiger partial charge in [-0.2, -0.15) is 5.26 Å². The Kier molecular flexibility index (Phi) is 6.60. The predicted octanol–water partition coefficient (Wildman–Crippen LogP) is 5.28. The summed E-state index contributed by atoms with van der Waals surface area (Å²) in [6.07, 6.45) is 3.13. The van der Waals surface area contributed by atoms with E-state index in [4.69, 9.17) is 21.1 Å². The quantitative estimate of drug-likeness (QED) is 0.237. The van der Waals surface area contributed by atoms with Crippen LogP contribution in [0.5, 0.6) is 11.5 Å². The van der Waals surface area contributed by atoms with Gasteiger partial charge < -0.3 is 9.47 Å². The monoisotopic (exact) mass is 367 g/mol. The molecule has 0 aliphatic heterocycles. The van der Waals surface area contributed by atoms with Crippen molar-refractivity contribution in [1.29, 1.82) is 5.26 Å². The molecule has 26 heavy (non-hydrogen) atoms. The number of halogens is 1. The molecule has 0 N–H and O–H groups in total. The SMILES string of the molecule is COc1cc(/C=C(\C#N)c2ccc(Cl)cc2)ccc1OC(=O)C=C(C)C. The zero-order valence-corrected chi connectivity index (χ0v) is 15.5. The lowest BCUT2D eigenvalue weighted by molar-refractivity contribution is -0.129. The van der Waals surface area contributed by atoms with Crippen LogP contribution in [0, 0.1) is 11.3 Å². The van der Waals surface area contributed by atoms with E-state index in [1.807, 2.05) is 13.8 Å². The molecule has 0 fully saturated rings. The third-order valence-corrected chi connectivity index (χ3v) is 3.64. The molecule has 0 aliphatic carbocycles. The Morgan fingerprint density at radius 2 is 1.81 bits per heavy atom. The molecule has 0 saturated heterocycles. The average molecular weight is 368 g/mol. The minimum atomic E-state index is -0.467. The number of carbonyl (C=O) groups is 1. The number of esters is 1. The van der Waals surface area contributed by atoms with Crippen molar-refractivity contribution >= 4 is 29.2 Å². The molecule has 0 spiro atoms. The molecule has 0 amide bonds. The number of carbonyl (C=O) groups excluding carboxylic acids is 1. The fourth-order valence-electron chi connectivity index (χ4n) is 2.21. The average Bonchev–Trinajstić information content (AvgIpc) is 2.61. The number of hydrogen-bond acceptors (Lipinski definition) is 4. The highest BCUT2D eigenvalue weighted by Crippen LogP contribution is 2.30. The van der Waals surface area contributed by atoms with E-state index in [1.54, 1.807) is 48.5 Å². The predicted molar refractivity (Wildman–Crippen MR) is 103 cm³/mol. The third kappa shape index (κ3) is 5.23. The van der Waals surface area contributed by atoms with Crippen molar-refractivity contribution in [2.24, 2.45) is 0 Å². The molecule has 2 rings (SSSR count). The number of hydrogen-bond donors (Lipinski definition) is 0. The first-order valence-corrected chi connectivity index (χ1v) is 8.23. The summed E-state index contributed by atoms with van der Waals surface area (Å²) in [6, 6.07) is 14.3. The largest absolute Gasteiger partial charge is 0.493 e. The molecule has 5 heteroatoms. The zero-order valence-electron chi connectivity index (χ0n) is 14.7. The van der Waals surface area contributed by atoms with Crippen molar-refractivity contribution in [3.63, 3.8) is 0 Å². The molecule has 2 aromatic rings. The molecule has 0 unspecified atom stereocenters. The van der Waals surface area contributed by atoms with E-state index in [0.717, 1.165) is 16.7 Å². The highest BCUT2D eigenvalue weighted by molar-refractivity contribution is 6.30. The normalized spacial score (nSPS) is 10.7. The van der Waals surface area contributed by atoms with Crippen LogP contribution in [0.25, 0.3) is 11.6 Å². The standard InChI is InChI=1S/C21H18ClNO3/c1-14(2)10-21(24)26-19-9-4-15(12-20(19)25-3)11-17(13-23)16-5-7-18(22)8-6-16/h4-12H,1-3H3/b17-11+. The summed E-state index contributed by atoms with van der Waals surface area (Å²) in [5.41, 5.74) is 2.83. The van der Waals surface area contributed by atoms with Gasteiger partial charge in [0.05, 0.1) is 18.8 Å². The fraction of sp³-hybridized carbons (Fsp3) is 0.143. The molecule has 2 aromatic carbocycles. The van der Waals surface area contributed by atoms with Crippen LogP contribution in [0.2, 0.25) is 5.02 Å². The molecule has 0 radical (unpaired) electrons. The summed E-state index contributed by atoms with van der Waals surface area (Å²) in [5, 5.41) is 10.0. The van der Waals surface area contributed by atoms with Crippen molar-refractivity contribution < 1.29 is 14.3 Å². The maximum atomic E-state index is 11.8. The summed E-state index contributed by atoms with van der Waals surface area (Å²) in [7, 11) is 1.49. The van der Waals surface area contributed by atoms with Gasteiger partial charge in [0.2, 0.25) is 0 Å². The highest BCUT2D eigenvalue weighted by atomic mass is 35.5. The van der Waals surface area contributed by atoms with Crippen LogP contribution in [-0.2, 0) is 4.79 Å². The first kappa shape index (κ1) is 19.3. The Bertz CT molecular complexity index is 902. The number of benzene rings is 2. The Morgan fingerprint density at radius 3 is 2.38 bits per heavy atom. The van der Waals surface area contributed by atoms with Crippen LogP contribution < -0.4 is 9.47 Å². The lowest BCUT2D eigenvalue weighted by Gasteiger charge is -2.09. The molecular weight excluding hydrogens is 350 g/mol. The number of nitrogens with zero attached hydrogens (tertiary/aromatic N) is 1. The van der Waals surface area contributed by atoms with Crippen molar-refractivity contribution in [3.8, 4) is 17.6 Å². The van der Waals surface area contributed by atoms with Gasteiger partial charge in [-0.05, 0) is 55.3 Å². The van der Waals surface area contributed by atoms with Gasteiger partial charge in [-0.1, -0.05) is 35.4 Å². The summed E-state index contributed by atoms with van der Waals surface area (Å²) >= 11 is 5.89. The van der Waals surface area contributed by atoms with Crippen LogP contribution in [0.1, 0.15) is 25.0 Å². The number of methoxy groups -OCH3 is 1. The van der Waals surface area contributed by atoms with Crippen LogP contribution in [0.15, 0.2) is 54.1 Å². The Morgan fingerprint density at radius 1 is 1.12 bits per heavy atom. The van der Waals surface area contributed by atoms with Gasteiger partial charge in [0.15, 0.2) is 11.5 Å². The van der Waals surface area contributed by atoms with Gasteiger partial charge in [0.25, 0.3) is 0 Å². The van der Waals surface area contributed by atoms with E-state index in [-0.39, 0.29) is 0 Å². The molecule has 4 nitrogen and oxygen atoms in total. The van der Waals surface area contributed by atoms with Crippen molar-refractivity contribution in [2.45, 2.75) is 13.8 Å². The van der Waals surface area contributed by atoms with Crippen molar-refractivity contribution in [2.75, 3.05) is 7.11 Å². The molecule has 132 valence electrons. The second kappa shape index (κ2) is 8.89. The Balaban J connectivity index is 2.33. The number of rotatable bonds is 5. The Hall–Kier alpha value is -3.03. The van der Waals surface area contributed by atoms with Crippen molar-refractivity contribution in [1.82, 2.24) is 0 Å². The molecule has 0 bridgehead atoms. The molecule has 0 aliphatic rings. The summed E-state index contributed by atoms with van der Waals surface area (Å²) < 4.78 is 10.6. The van der Waals surface area contributed by atoms with Crippen LogP contribution >= 0.6 is 11.6 Å².